The number of carbonyl (C=O) groups excluding carboxylic acids is 1. The summed E-state index contributed by atoms with van der Waals surface area (Å²) in [6.07, 6.45) is 3.43. The number of aromatic nitrogens is 1. The van der Waals surface area contributed by atoms with Crippen LogP contribution in [0.5, 0.6) is 0 Å². The number of nitrogens with one attached hydrogen (secondary N) is 1. The van der Waals surface area contributed by atoms with Gasteiger partial charge in [0.25, 0.3) is 0 Å². The van der Waals surface area contributed by atoms with E-state index in [4.69, 9.17) is 4.98 Å². The third-order valence-electron chi connectivity index (χ3n) is 5.27. The van der Waals surface area contributed by atoms with Gasteiger partial charge in [0.15, 0.2) is 0 Å². The van der Waals surface area contributed by atoms with Crippen molar-refractivity contribution < 1.29 is 4.79 Å². The molecule has 3 nitrogen and oxygen atoms in total. The van der Waals surface area contributed by atoms with Gasteiger partial charge in [-0.05, 0) is 28.7 Å². The maximum Gasteiger partial charge on any atom is 0.244 e. The summed E-state index contributed by atoms with van der Waals surface area (Å²) in [4.78, 5) is 16.9. The van der Waals surface area contributed by atoms with Crippen LogP contribution < -0.4 is 5.32 Å². The molecule has 4 rings (SSSR count). The molecule has 1 aromatic heterocycles. The van der Waals surface area contributed by atoms with Gasteiger partial charge in [-0.2, -0.15) is 0 Å². The number of carbonyl (C=O) groups is 1. The number of nitrogens with zero attached hydrogens (tertiary/aromatic N) is 1. The topological polar surface area (TPSA) is 42.0 Å². The van der Waals surface area contributed by atoms with Crippen LogP contribution in [0.1, 0.15) is 36.5 Å². The third-order valence-corrected chi connectivity index (χ3v) is 6.16. The molecule has 0 aliphatic carbocycles. The Morgan fingerprint density at radius 2 is 1.66 bits per heavy atom. The van der Waals surface area contributed by atoms with E-state index in [0.29, 0.717) is 12.5 Å². The van der Waals surface area contributed by atoms with Gasteiger partial charge in [-0.3, -0.25) is 4.79 Å². The molecule has 0 fully saturated rings. The summed E-state index contributed by atoms with van der Waals surface area (Å²) in [5.41, 5.74) is 6.57. The Bertz CT molecular complexity index is 1190. The molecule has 0 aliphatic rings. The second-order valence-electron chi connectivity index (χ2n) is 7.97. The molecule has 0 atom stereocenters. The fourth-order valence-corrected chi connectivity index (χ4v) is 4.16. The van der Waals surface area contributed by atoms with Crippen molar-refractivity contribution in [2.24, 2.45) is 0 Å². The molecule has 0 unspecified atom stereocenters. The van der Waals surface area contributed by atoms with Gasteiger partial charge < -0.3 is 5.32 Å². The van der Waals surface area contributed by atoms with E-state index in [1.807, 2.05) is 48.5 Å². The summed E-state index contributed by atoms with van der Waals surface area (Å²) >= 11 is 1.64. The molecule has 4 heteroatoms. The first-order valence-corrected chi connectivity index (χ1v) is 11.6. The van der Waals surface area contributed by atoms with Crippen LogP contribution in [0.25, 0.3) is 27.9 Å². The van der Waals surface area contributed by atoms with Crippen LogP contribution >= 0.6 is 11.3 Å². The van der Waals surface area contributed by atoms with Crippen molar-refractivity contribution in [3.05, 3.63) is 107 Å². The zero-order chi connectivity index (χ0) is 22.3. The molecule has 0 bridgehead atoms. The van der Waals surface area contributed by atoms with Gasteiger partial charge in [-0.25, -0.2) is 4.98 Å². The van der Waals surface area contributed by atoms with E-state index < -0.39 is 0 Å². The van der Waals surface area contributed by atoms with Crippen LogP contribution in [0.2, 0.25) is 0 Å². The number of benzene rings is 3. The Morgan fingerprint density at radius 1 is 0.938 bits per heavy atom. The number of amides is 1. The van der Waals surface area contributed by atoms with Crippen LogP contribution in [0.3, 0.4) is 0 Å². The fourth-order valence-electron chi connectivity index (χ4n) is 3.33. The van der Waals surface area contributed by atoms with Gasteiger partial charge in [0.1, 0.15) is 5.01 Å². The van der Waals surface area contributed by atoms with E-state index >= 15 is 0 Å². The third kappa shape index (κ3) is 5.59. The second kappa shape index (κ2) is 10.2. The predicted octanol–water partition coefficient (Wildman–Crippen LogP) is 6.93. The molecule has 0 saturated heterocycles. The van der Waals surface area contributed by atoms with Gasteiger partial charge in [0, 0.05) is 29.1 Å². The lowest BCUT2D eigenvalue weighted by Crippen LogP contribution is -2.20. The first-order valence-electron chi connectivity index (χ1n) is 10.7. The summed E-state index contributed by atoms with van der Waals surface area (Å²) in [5.74, 6) is 0.402. The maximum atomic E-state index is 12.2. The highest BCUT2D eigenvalue weighted by Crippen LogP contribution is 2.28. The average Bonchev–Trinajstić information content (AvgIpc) is 3.33. The summed E-state index contributed by atoms with van der Waals surface area (Å²) in [6, 6.07) is 26.7. The monoisotopic (exact) mass is 438 g/mol. The van der Waals surface area contributed by atoms with Gasteiger partial charge in [-0.15, -0.1) is 11.3 Å². The fraction of sp³-hybridized carbons (Fsp3) is 0.143. The number of rotatable bonds is 7. The Kier molecular flexibility index (Phi) is 6.93. The Labute approximate surface area is 193 Å². The van der Waals surface area contributed by atoms with Crippen molar-refractivity contribution in [1.29, 1.82) is 0 Å². The quantitative estimate of drug-likeness (QED) is 0.318. The van der Waals surface area contributed by atoms with Crippen LogP contribution in [-0.2, 0) is 11.3 Å². The molecule has 0 radical (unpaired) electrons. The van der Waals surface area contributed by atoms with Crippen molar-refractivity contribution in [3.8, 4) is 21.8 Å². The summed E-state index contributed by atoms with van der Waals surface area (Å²) < 4.78 is 0. The lowest BCUT2D eigenvalue weighted by atomic mass is 10.0. The summed E-state index contributed by atoms with van der Waals surface area (Å²) in [7, 11) is 0. The molecule has 0 spiro atoms. The van der Waals surface area contributed by atoms with Crippen molar-refractivity contribution in [2.45, 2.75) is 26.3 Å². The zero-order valence-corrected chi connectivity index (χ0v) is 19.1. The molecular weight excluding hydrogens is 412 g/mol. The van der Waals surface area contributed by atoms with Crippen molar-refractivity contribution in [2.75, 3.05) is 0 Å². The number of thiazole rings is 1. The maximum absolute atomic E-state index is 12.2. The van der Waals surface area contributed by atoms with E-state index in [1.54, 1.807) is 17.4 Å². The Hall–Kier alpha value is -3.50. The molecule has 160 valence electrons. The van der Waals surface area contributed by atoms with E-state index in [0.717, 1.165) is 33.0 Å². The van der Waals surface area contributed by atoms with Crippen molar-refractivity contribution in [1.82, 2.24) is 10.3 Å². The minimum atomic E-state index is -0.102. The molecule has 0 aliphatic heterocycles. The Morgan fingerprint density at radius 3 is 2.34 bits per heavy atom. The molecule has 3 aromatic carbocycles. The van der Waals surface area contributed by atoms with E-state index in [2.05, 4.69) is 60.9 Å². The lowest BCUT2D eigenvalue weighted by Gasteiger charge is -2.05. The smallest absolute Gasteiger partial charge is 0.244 e. The molecule has 1 amide bonds. The molecule has 1 N–H and O–H groups in total. The first-order chi connectivity index (χ1) is 15.6. The average molecular weight is 439 g/mol. The molecule has 32 heavy (non-hydrogen) atoms. The van der Waals surface area contributed by atoms with Gasteiger partial charge >= 0.3 is 0 Å². The van der Waals surface area contributed by atoms with Gasteiger partial charge in [0.05, 0.1) is 5.69 Å². The molecule has 1 heterocycles. The molecular formula is C28H26N2OS. The second-order valence-corrected chi connectivity index (χ2v) is 8.83. The minimum Gasteiger partial charge on any atom is -0.348 e. The highest BCUT2D eigenvalue weighted by atomic mass is 32.1. The largest absolute Gasteiger partial charge is 0.348 e. The SMILES string of the molecule is CC(C)c1ccc(/C=C/C(=O)NCc2ccc(-c3nc(-c4ccccc4)cs3)cc2)cc1. The Balaban J connectivity index is 1.32. The van der Waals surface area contributed by atoms with Crippen LogP contribution in [0.4, 0.5) is 0 Å². The van der Waals surface area contributed by atoms with Crippen molar-refractivity contribution in [3.63, 3.8) is 0 Å². The standard InChI is InChI=1S/C28H26N2OS/c1-20(2)23-13-8-21(9-14-23)12-17-27(31)29-18-22-10-15-25(16-11-22)28-30-26(19-32-28)24-6-4-3-5-7-24/h3-17,19-20H,18H2,1-2H3,(H,29,31)/b17-12+. The highest BCUT2D eigenvalue weighted by Gasteiger charge is 2.07. The van der Waals surface area contributed by atoms with Crippen LogP contribution in [0.15, 0.2) is 90.3 Å². The van der Waals surface area contributed by atoms with Gasteiger partial charge in [-0.1, -0.05) is 92.7 Å². The summed E-state index contributed by atoms with van der Waals surface area (Å²) in [6.45, 7) is 4.83. The molecule has 0 saturated carbocycles. The highest BCUT2D eigenvalue weighted by molar-refractivity contribution is 7.13. The van der Waals surface area contributed by atoms with E-state index in [-0.39, 0.29) is 5.91 Å². The predicted molar refractivity (Wildman–Crippen MR) is 134 cm³/mol. The number of hydrogen-bond donors (Lipinski definition) is 1. The lowest BCUT2D eigenvalue weighted by molar-refractivity contribution is -0.116. The van der Waals surface area contributed by atoms with Crippen LogP contribution in [0, 0.1) is 0 Å². The minimum absolute atomic E-state index is 0.102. The van der Waals surface area contributed by atoms with E-state index in [9.17, 15) is 4.79 Å². The molecule has 4 aromatic rings. The number of hydrogen-bond acceptors (Lipinski definition) is 3. The first kappa shape index (κ1) is 21.7. The van der Waals surface area contributed by atoms with Crippen molar-refractivity contribution >= 4 is 23.3 Å². The van der Waals surface area contributed by atoms with Gasteiger partial charge in [0.2, 0.25) is 5.91 Å². The zero-order valence-electron chi connectivity index (χ0n) is 18.3. The summed E-state index contributed by atoms with van der Waals surface area (Å²) in [5, 5.41) is 6.02. The normalized spacial score (nSPS) is 11.2. The van der Waals surface area contributed by atoms with Crippen LogP contribution in [-0.4, -0.2) is 10.9 Å². The van der Waals surface area contributed by atoms with E-state index in [1.165, 1.54) is 5.56 Å².